The van der Waals surface area contributed by atoms with Crippen molar-refractivity contribution in [2.45, 2.75) is 44.6 Å². The highest BCUT2D eigenvalue weighted by molar-refractivity contribution is 6.08. The third-order valence-corrected chi connectivity index (χ3v) is 6.67. The maximum atomic E-state index is 12.8. The first-order valence-electron chi connectivity index (χ1n) is 12.3. The molecule has 3 aromatic rings. The van der Waals surface area contributed by atoms with Crippen molar-refractivity contribution in [3.05, 3.63) is 59.8 Å². The minimum Gasteiger partial charge on any atom is -0.494 e. The number of rotatable bonds is 11. The number of piperidine rings is 1. The largest absolute Gasteiger partial charge is 0.494 e. The Hall–Kier alpha value is -3.52. The highest BCUT2D eigenvalue weighted by Gasteiger charge is 2.24. The lowest BCUT2D eigenvalue weighted by molar-refractivity contribution is -0.139. The number of fused-ring (bicyclic) bond motifs is 1. The fraction of sp³-hybridized carbons (Fsp3) is 0.407. The number of aromatic amines is 1. The number of aromatic nitrogens is 1. The first kappa shape index (κ1) is 24.6. The number of para-hydroxylation sites is 1. The van der Waals surface area contributed by atoms with Gasteiger partial charge >= 0.3 is 5.97 Å². The SMILES string of the molecule is Nc1c(C(=O)N[C@@H](Cc2ccc(OCCCCC3CCNCC3)cc2)C(=O)O)[nH]c2ccccc12. The van der Waals surface area contributed by atoms with Gasteiger partial charge in [-0.15, -0.1) is 0 Å². The zero-order chi connectivity index (χ0) is 24.6. The number of H-pyrrole nitrogens is 1. The maximum absolute atomic E-state index is 12.8. The molecule has 1 saturated heterocycles. The third kappa shape index (κ3) is 6.54. The Morgan fingerprint density at radius 3 is 2.54 bits per heavy atom. The summed E-state index contributed by atoms with van der Waals surface area (Å²) in [6.45, 7) is 2.94. The van der Waals surface area contributed by atoms with Gasteiger partial charge in [-0.25, -0.2) is 4.79 Å². The molecule has 2 aromatic carbocycles. The Labute approximate surface area is 205 Å². The van der Waals surface area contributed by atoms with Gasteiger partial charge in [0.2, 0.25) is 0 Å². The molecule has 1 fully saturated rings. The number of carboxylic acid groups (broad SMARTS) is 1. The van der Waals surface area contributed by atoms with Crippen molar-refractivity contribution >= 4 is 28.5 Å². The van der Waals surface area contributed by atoms with Crippen LogP contribution in [-0.2, 0) is 11.2 Å². The topological polar surface area (TPSA) is 129 Å². The number of unbranched alkanes of at least 4 members (excludes halogenated alkanes) is 1. The summed E-state index contributed by atoms with van der Waals surface area (Å²) in [5.74, 6) is -0.0549. The monoisotopic (exact) mass is 478 g/mol. The van der Waals surface area contributed by atoms with E-state index in [1.807, 2.05) is 48.5 Å². The van der Waals surface area contributed by atoms with Crippen LogP contribution in [0.4, 0.5) is 5.69 Å². The molecule has 8 heteroatoms. The summed E-state index contributed by atoms with van der Waals surface area (Å²) in [7, 11) is 0. The summed E-state index contributed by atoms with van der Waals surface area (Å²) in [5, 5.41) is 16.4. The number of carbonyl (C=O) groups is 2. The molecule has 186 valence electrons. The molecule has 4 rings (SSSR count). The van der Waals surface area contributed by atoms with E-state index < -0.39 is 17.9 Å². The van der Waals surface area contributed by atoms with Crippen LogP contribution in [0.5, 0.6) is 5.75 Å². The first-order chi connectivity index (χ1) is 17.0. The molecule has 0 unspecified atom stereocenters. The Kier molecular flexibility index (Phi) is 8.26. The van der Waals surface area contributed by atoms with E-state index in [1.54, 1.807) is 0 Å². The van der Waals surface area contributed by atoms with Crippen LogP contribution in [0.2, 0.25) is 0 Å². The molecule has 35 heavy (non-hydrogen) atoms. The highest BCUT2D eigenvalue weighted by atomic mass is 16.5. The second kappa shape index (κ2) is 11.8. The van der Waals surface area contributed by atoms with Crippen molar-refractivity contribution in [2.75, 3.05) is 25.4 Å². The van der Waals surface area contributed by atoms with Crippen molar-refractivity contribution < 1.29 is 19.4 Å². The number of amides is 1. The lowest BCUT2D eigenvalue weighted by Crippen LogP contribution is -2.42. The van der Waals surface area contributed by atoms with Gasteiger partial charge in [-0.1, -0.05) is 36.8 Å². The van der Waals surface area contributed by atoms with Crippen LogP contribution in [0.3, 0.4) is 0 Å². The van der Waals surface area contributed by atoms with Gasteiger partial charge in [0.05, 0.1) is 12.3 Å². The van der Waals surface area contributed by atoms with Crippen molar-refractivity contribution in [3.63, 3.8) is 0 Å². The van der Waals surface area contributed by atoms with Crippen LogP contribution < -0.4 is 21.1 Å². The standard InChI is InChI=1S/C27H34N4O4/c28-24-21-6-1-2-7-22(21)30-25(24)26(32)31-23(27(33)34)17-19-8-10-20(11-9-19)35-16-4-3-5-18-12-14-29-15-13-18/h1-2,6-11,18,23,29-30H,3-5,12-17,28H2,(H,31,32)(H,33,34)/t23-/m0/s1. The van der Waals surface area contributed by atoms with Crippen molar-refractivity contribution in [3.8, 4) is 5.75 Å². The zero-order valence-corrected chi connectivity index (χ0v) is 19.9. The van der Waals surface area contributed by atoms with E-state index in [2.05, 4.69) is 15.6 Å². The number of nitrogens with two attached hydrogens (primary N) is 1. The number of hydrogen-bond acceptors (Lipinski definition) is 5. The molecule has 2 heterocycles. The molecule has 6 N–H and O–H groups in total. The summed E-state index contributed by atoms with van der Waals surface area (Å²) < 4.78 is 5.85. The summed E-state index contributed by atoms with van der Waals surface area (Å²) in [5.41, 5.74) is 8.09. The number of anilines is 1. The fourth-order valence-corrected chi connectivity index (χ4v) is 4.63. The first-order valence-corrected chi connectivity index (χ1v) is 12.3. The Balaban J connectivity index is 1.26. The Morgan fingerprint density at radius 1 is 1.09 bits per heavy atom. The average molecular weight is 479 g/mol. The number of hydrogen-bond donors (Lipinski definition) is 5. The van der Waals surface area contributed by atoms with Gasteiger partial charge in [0.15, 0.2) is 0 Å². The Morgan fingerprint density at radius 2 is 1.83 bits per heavy atom. The maximum Gasteiger partial charge on any atom is 0.326 e. The second-order valence-corrected chi connectivity index (χ2v) is 9.21. The van der Waals surface area contributed by atoms with Gasteiger partial charge in [-0.3, -0.25) is 4.79 Å². The van der Waals surface area contributed by atoms with Crippen molar-refractivity contribution in [2.24, 2.45) is 5.92 Å². The van der Waals surface area contributed by atoms with Gasteiger partial charge in [-0.2, -0.15) is 0 Å². The number of nitrogen functional groups attached to an aromatic ring is 1. The van der Waals surface area contributed by atoms with E-state index in [0.717, 1.165) is 47.6 Å². The smallest absolute Gasteiger partial charge is 0.326 e. The fourth-order valence-electron chi connectivity index (χ4n) is 4.63. The number of carbonyl (C=O) groups excluding carboxylic acids is 1. The average Bonchev–Trinajstić information content (AvgIpc) is 3.21. The molecular weight excluding hydrogens is 444 g/mol. The molecule has 1 atom stereocenters. The summed E-state index contributed by atoms with van der Waals surface area (Å²) in [6, 6.07) is 13.6. The van der Waals surface area contributed by atoms with E-state index in [1.165, 1.54) is 25.7 Å². The predicted molar refractivity (Wildman–Crippen MR) is 137 cm³/mol. The van der Waals surface area contributed by atoms with E-state index >= 15 is 0 Å². The number of benzene rings is 2. The van der Waals surface area contributed by atoms with Crippen LogP contribution in [-0.4, -0.2) is 47.7 Å². The highest BCUT2D eigenvalue weighted by Crippen LogP contribution is 2.24. The van der Waals surface area contributed by atoms with Crippen LogP contribution in [0, 0.1) is 5.92 Å². The molecule has 0 aliphatic carbocycles. The van der Waals surface area contributed by atoms with Crippen LogP contribution in [0.15, 0.2) is 48.5 Å². The number of aliphatic carboxylic acids is 1. The quantitative estimate of drug-likeness (QED) is 0.267. The molecule has 8 nitrogen and oxygen atoms in total. The molecule has 0 saturated carbocycles. The van der Waals surface area contributed by atoms with Crippen molar-refractivity contribution in [1.82, 2.24) is 15.6 Å². The molecule has 0 radical (unpaired) electrons. The van der Waals surface area contributed by atoms with Gasteiger partial charge in [0, 0.05) is 17.3 Å². The van der Waals surface area contributed by atoms with Crippen molar-refractivity contribution in [1.29, 1.82) is 0 Å². The lowest BCUT2D eigenvalue weighted by atomic mass is 9.93. The van der Waals surface area contributed by atoms with Crippen LogP contribution >= 0.6 is 0 Å². The van der Waals surface area contributed by atoms with Gasteiger partial charge < -0.3 is 31.2 Å². The van der Waals surface area contributed by atoms with Crippen LogP contribution in [0.25, 0.3) is 10.9 Å². The summed E-state index contributed by atoms with van der Waals surface area (Å²) >= 11 is 0. The molecule has 1 aliphatic heterocycles. The second-order valence-electron chi connectivity index (χ2n) is 9.21. The number of carboxylic acids is 1. The molecule has 0 spiro atoms. The minimum absolute atomic E-state index is 0.151. The predicted octanol–water partition coefficient (Wildman–Crippen LogP) is 3.72. The van der Waals surface area contributed by atoms with E-state index in [9.17, 15) is 14.7 Å². The Bertz CT molecular complexity index is 1140. The van der Waals surface area contributed by atoms with Gasteiger partial charge in [-0.05, 0) is 68.5 Å². The minimum atomic E-state index is -1.11. The number of nitrogens with one attached hydrogen (secondary N) is 3. The summed E-state index contributed by atoms with van der Waals surface area (Å²) in [4.78, 5) is 27.6. The van der Waals surface area contributed by atoms with Crippen LogP contribution in [0.1, 0.15) is 48.2 Å². The normalized spacial score (nSPS) is 15.1. The van der Waals surface area contributed by atoms with Gasteiger partial charge in [0.25, 0.3) is 5.91 Å². The van der Waals surface area contributed by atoms with E-state index in [-0.39, 0.29) is 12.1 Å². The van der Waals surface area contributed by atoms with E-state index in [4.69, 9.17) is 10.5 Å². The molecular formula is C27H34N4O4. The molecule has 0 bridgehead atoms. The number of ether oxygens (including phenoxy) is 1. The lowest BCUT2D eigenvalue weighted by Gasteiger charge is -2.22. The molecule has 1 aromatic heterocycles. The zero-order valence-electron chi connectivity index (χ0n) is 19.9. The van der Waals surface area contributed by atoms with E-state index in [0.29, 0.717) is 12.3 Å². The third-order valence-electron chi connectivity index (χ3n) is 6.67. The summed E-state index contributed by atoms with van der Waals surface area (Å²) in [6.07, 6.45) is 6.15. The molecule has 1 aliphatic rings. The van der Waals surface area contributed by atoms with Gasteiger partial charge in [0.1, 0.15) is 17.5 Å². The molecule has 1 amide bonds.